The average Bonchev–Trinajstić information content (AvgIpc) is 3.17. The van der Waals surface area contributed by atoms with E-state index < -0.39 is 0 Å². The molecule has 0 bridgehead atoms. The molecule has 2 heterocycles. The van der Waals surface area contributed by atoms with Crippen molar-refractivity contribution in [3.8, 4) is 0 Å². The molecule has 1 fully saturated rings. The number of halogens is 1. The number of benzene rings is 1. The molecular formula is C17H21ClN4O. The van der Waals surface area contributed by atoms with Crippen LogP contribution in [0.4, 0.5) is 0 Å². The fraction of sp³-hybridized carbons (Fsp3) is 0.412. The van der Waals surface area contributed by atoms with Gasteiger partial charge in [0.2, 0.25) is 5.91 Å². The lowest BCUT2D eigenvalue weighted by Gasteiger charge is -2.17. The van der Waals surface area contributed by atoms with Crippen LogP contribution in [0.5, 0.6) is 0 Å². The highest BCUT2D eigenvalue weighted by Gasteiger charge is 2.34. The molecule has 122 valence electrons. The molecular weight excluding hydrogens is 312 g/mol. The van der Waals surface area contributed by atoms with Crippen LogP contribution >= 0.6 is 11.6 Å². The summed E-state index contributed by atoms with van der Waals surface area (Å²) in [5.74, 6) is 0.227. The van der Waals surface area contributed by atoms with Crippen LogP contribution in [-0.4, -0.2) is 35.3 Å². The van der Waals surface area contributed by atoms with Gasteiger partial charge in [-0.25, -0.2) is 0 Å². The smallest absolute Gasteiger partial charge is 0.225 e. The molecule has 6 heteroatoms. The maximum absolute atomic E-state index is 12.5. The number of nitrogens with one attached hydrogen (secondary N) is 2. The second-order valence-electron chi connectivity index (χ2n) is 5.95. The van der Waals surface area contributed by atoms with Gasteiger partial charge >= 0.3 is 0 Å². The summed E-state index contributed by atoms with van der Waals surface area (Å²) in [7, 11) is 1.89. The van der Waals surface area contributed by atoms with Crippen molar-refractivity contribution in [3.05, 3.63) is 52.8 Å². The minimum atomic E-state index is -0.0505. The zero-order chi connectivity index (χ0) is 16.2. The van der Waals surface area contributed by atoms with Crippen molar-refractivity contribution in [1.29, 1.82) is 0 Å². The third kappa shape index (κ3) is 3.74. The summed E-state index contributed by atoms with van der Waals surface area (Å²) < 4.78 is 1.78. The van der Waals surface area contributed by atoms with Crippen molar-refractivity contribution < 1.29 is 4.79 Å². The molecule has 2 aromatic rings. The maximum atomic E-state index is 12.5. The van der Waals surface area contributed by atoms with E-state index in [0.29, 0.717) is 13.1 Å². The van der Waals surface area contributed by atoms with Gasteiger partial charge in [-0.05, 0) is 23.6 Å². The Kier molecular flexibility index (Phi) is 4.98. The average molecular weight is 333 g/mol. The molecule has 1 aromatic carbocycles. The Labute approximate surface area is 141 Å². The van der Waals surface area contributed by atoms with Crippen LogP contribution in [0.3, 0.4) is 0 Å². The molecule has 0 saturated carbocycles. The van der Waals surface area contributed by atoms with Gasteiger partial charge in [0.05, 0.1) is 12.1 Å². The van der Waals surface area contributed by atoms with Crippen LogP contribution in [0.15, 0.2) is 36.7 Å². The van der Waals surface area contributed by atoms with Crippen LogP contribution in [0, 0.1) is 5.92 Å². The lowest BCUT2D eigenvalue weighted by molar-refractivity contribution is -0.124. The first-order chi connectivity index (χ1) is 11.1. The molecule has 23 heavy (non-hydrogen) atoms. The second-order valence-corrected chi connectivity index (χ2v) is 6.36. The van der Waals surface area contributed by atoms with E-state index in [1.165, 1.54) is 0 Å². The highest BCUT2D eigenvalue weighted by Crippen LogP contribution is 2.27. The van der Waals surface area contributed by atoms with Gasteiger partial charge in [-0.1, -0.05) is 29.8 Å². The molecule has 2 atom stereocenters. The minimum Gasteiger partial charge on any atom is -0.355 e. The second kappa shape index (κ2) is 7.15. The molecule has 2 N–H and O–H groups in total. The van der Waals surface area contributed by atoms with E-state index in [0.717, 1.165) is 29.1 Å². The molecule has 1 aromatic heterocycles. The Morgan fingerprint density at radius 2 is 2.26 bits per heavy atom. The summed E-state index contributed by atoms with van der Waals surface area (Å²) in [5.41, 5.74) is 2.17. The summed E-state index contributed by atoms with van der Waals surface area (Å²) in [6.45, 7) is 2.12. The van der Waals surface area contributed by atoms with Gasteiger partial charge in [-0.2, -0.15) is 5.10 Å². The van der Waals surface area contributed by atoms with Crippen LogP contribution in [0.1, 0.15) is 17.0 Å². The molecule has 3 rings (SSSR count). The highest BCUT2D eigenvalue weighted by atomic mass is 35.5. The van der Waals surface area contributed by atoms with E-state index in [1.807, 2.05) is 43.7 Å². The summed E-state index contributed by atoms with van der Waals surface area (Å²) in [5, 5.41) is 11.3. The van der Waals surface area contributed by atoms with Gasteiger partial charge < -0.3 is 10.6 Å². The number of aromatic nitrogens is 2. The lowest BCUT2D eigenvalue weighted by Crippen LogP contribution is -2.35. The maximum Gasteiger partial charge on any atom is 0.225 e. The van der Waals surface area contributed by atoms with Gasteiger partial charge in [0, 0.05) is 43.8 Å². The van der Waals surface area contributed by atoms with E-state index in [2.05, 4.69) is 15.7 Å². The lowest BCUT2D eigenvalue weighted by atomic mass is 9.90. The first-order valence-electron chi connectivity index (χ1n) is 7.85. The first kappa shape index (κ1) is 16.0. The Balaban J connectivity index is 1.56. The van der Waals surface area contributed by atoms with Crippen molar-refractivity contribution >= 4 is 17.5 Å². The third-order valence-corrected chi connectivity index (χ3v) is 4.72. The van der Waals surface area contributed by atoms with E-state index >= 15 is 0 Å². The SMILES string of the molecule is Cn1cc([C@H]2CNC[C@@H]2C(=O)NCCc2ccccc2Cl)cn1. The molecule has 1 aliphatic rings. The highest BCUT2D eigenvalue weighted by molar-refractivity contribution is 6.31. The molecule has 1 aliphatic heterocycles. The third-order valence-electron chi connectivity index (χ3n) is 4.36. The number of amides is 1. The zero-order valence-corrected chi connectivity index (χ0v) is 13.9. The van der Waals surface area contributed by atoms with Crippen molar-refractivity contribution in [1.82, 2.24) is 20.4 Å². The summed E-state index contributed by atoms with van der Waals surface area (Å²) >= 11 is 6.14. The van der Waals surface area contributed by atoms with Crippen LogP contribution in [0.25, 0.3) is 0 Å². The molecule has 1 saturated heterocycles. The number of hydrogen-bond acceptors (Lipinski definition) is 3. The Morgan fingerprint density at radius 3 is 3.00 bits per heavy atom. The van der Waals surface area contributed by atoms with E-state index in [9.17, 15) is 4.79 Å². The minimum absolute atomic E-state index is 0.0505. The normalized spacial score (nSPS) is 20.6. The summed E-state index contributed by atoms with van der Waals surface area (Å²) in [6, 6.07) is 7.73. The van der Waals surface area contributed by atoms with Gasteiger partial charge in [0.25, 0.3) is 0 Å². The fourth-order valence-corrected chi connectivity index (χ4v) is 3.32. The van der Waals surface area contributed by atoms with Crippen LogP contribution in [0.2, 0.25) is 5.02 Å². The summed E-state index contributed by atoms with van der Waals surface area (Å²) in [4.78, 5) is 12.5. The Morgan fingerprint density at radius 1 is 1.43 bits per heavy atom. The summed E-state index contributed by atoms with van der Waals surface area (Å²) in [6.07, 6.45) is 4.58. The molecule has 0 aliphatic carbocycles. The predicted octanol–water partition coefficient (Wildman–Crippen LogP) is 1.74. The first-order valence-corrected chi connectivity index (χ1v) is 8.23. The van der Waals surface area contributed by atoms with Gasteiger partial charge in [0.15, 0.2) is 0 Å². The Bertz CT molecular complexity index is 685. The molecule has 0 radical (unpaired) electrons. The number of carbonyl (C=O) groups is 1. The quantitative estimate of drug-likeness (QED) is 0.876. The van der Waals surface area contributed by atoms with Gasteiger partial charge in [0.1, 0.15) is 0 Å². The van der Waals surface area contributed by atoms with E-state index in [1.54, 1.807) is 4.68 Å². The van der Waals surface area contributed by atoms with Gasteiger partial charge in [-0.15, -0.1) is 0 Å². The number of rotatable bonds is 5. The predicted molar refractivity (Wildman–Crippen MR) is 90.5 cm³/mol. The monoisotopic (exact) mass is 332 g/mol. The van der Waals surface area contributed by atoms with Crippen molar-refractivity contribution in [2.24, 2.45) is 13.0 Å². The van der Waals surface area contributed by atoms with E-state index in [4.69, 9.17) is 11.6 Å². The molecule has 0 unspecified atom stereocenters. The topological polar surface area (TPSA) is 59.0 Å². The van der Waals surface area contributed by atoms with Crippen molar-refractivity contribution in [3.63, 3.8) is 0 Å². The number of aryl methyl sites for hydroxylation is 1. The van der Waals surface area contributed by atoms with Crippen LogP contribution < -0.4 is 10.6 Å². The number of nitrogens with zero attached hydrogens (tertiary/aromatic N) is 2. The molecule has 0 spiro atoms. The van der Waals surface area contributed by atoms with Crippen molar-refractivity contribution in [2.75, 3.05) is 19.6 Å². The number of carbonyl (C=O) groups excluding carboxylic acids is 1. The zero-order valence-electron chi connectivity index (χ0n) is 13.1. The standard InChI is InChI=1S/C17H21ClN4O/c1-22-11-13(8-21-22)14-9-19-10-15(14)17(23)20-7-6-12-4-2-3-5-16(12)18/h2-5,8,11,14-15,19H,6-7,9-10H2,1H3,(H,20,23)/t14-,15+/m1/s1. The number of hydrogen-bond donors (Lipinski definition) is 2. The van der Waals surface area contributed by atoms with Gasteiger partial charge in [-0.3, -0.25) is 9.48 Å². The molecule has 1 amide bonds. The van der Waals surface area contributed by atoms with E-state index in [-0.39, 0.29) is 17.7 Å². The Hall–Kier alpha value is -1.85. The van der Waals surface area contributed by atoms with Crippen molar-refractivity contribution in [2.45, 2.75) is 12.3 Å². The fourth-order valence-electron chi connectivity index (χ4n) is 3.09. The molecule has 5 nitrogen and oxygen atoms in total. The van der Waals surface area contributed by atoms with Crippen LogP contribution in [-0.2, 0) is 18.3 Å². The largest absolute Gasteiger partial charge is 0.355 e.